The molecule has 0 radical (unpaired) electrons. The number of nitriles is 2. The van der Waals surface area contributed by atoms with Gasteiger partial charge >= 0.3 is 0 Å². The highest BCUT2D eigenvalue weighted by atomic mass is 14.3. The maximum absolute atomic E-state index is 9.64. The van der Waals surface area contributed by atoms with Crippen LogP contribution in [0.1, 0.15) is 23.6 Å². The van der Waals surface area contributed by atoms with Gasteiger partial charge in [-0.1, -0.05) is 60.7 Å². The van der Waals surface area contributed by atoms with E-state index in [1.165, 1.54) is 0 Å². The maximum atomic E-state index is 9.64. The van der Waals surface area contributed by atoms with Gasteiger partial charge in [0.25, 0.3) is 0 Å². The highest BCUT2D eigenvalue weighted by Gasteiger charge is 2.13. The lowest BCUT2D eigenvalue weighted by molar-refractivity contribution is 1.50. The van der Waals surface area contributed by atoms with E-state index < -0.39 is 0 Å². The quantitative estimate of drug-likeness (QED) is 0.474. The Bertz CT molecular complexity index is 1060. The highest BCUT2D eigenvalue weighted by Crippen LogP contribution is 2.33. The molecule has 2 nitrogen and oxygen atoms in total. The molecule has 0 atom stereocenters. The second kappa shape index (κ2) is 5.79. The second-order valence-electron chi connectivity index (χ2n) is 5.50. The Morgan fingerprint density at radius 2 is 1.48 bits per heavy atom. The fourth-order valence-electron chi connectivity index (χ4n) is 2.78. The monoisotopic (exact) mass is 294 g/mol. The van der Waals surface area contributed by atoms with E-state index >= 15 is 0 Å². The third-order valence-electron chi connectivity index (χ3n) is 3.83. The highest BCUT2D eigenvalue weighted by molar-refractivity contribution is 6.09. The molecule has 0 N–H and O–H groups in total. The topological polar surface area (TPSA) is 47.6 Å². The molecule has 3 aromatic carbocycles. The fourth-order valence-corrected chi connectivity index (χ4v) is 2.78. The predicted octanol–water partition coefficient (Wildman–Crippen LogP) is 5.33. The van der Waals surface area contributed by atoms with Crippen LogP contribution in [0.15, 0.2) is 60.7 Å². The van der Waals surface area contributed by atoms with Crippen LogP contribution in [0.25, 0.3) is 27.6 Å². The summed E-state index contributed by atoms with van der Waals surface area (Å²) >= 11 is 0. The van der Waals surface area contributed by atoms with E-state index in [-0.39, 0.29) is 0 Å². The van der Waals surface area contributed by atoms with Crippen LogP contribution in [-0.4, -0.2) is 0 Å². The van der Waals surface area contributed by atoms with Crippen molar-refractivity contribution in [3.8, 4) is 12.1 Å². The van der Waals surface area contributed by atoms with E-state index in [2.05, 4.69) is 18.7 Å². The van der Waals surface area contributed by atoms with Crippen molar-refractivity contribution in [2.75, 3.05) is 0 Å². The van der Waals surface area contributed by atoms with Crippen LogP contribution < -0.4 is 0 Å². The summed E-state index contributed by atoms with van der Waals surface area (Å²) in [6, 6.07) is 18.0. The van der Waals surface area contributed by atoms with Crippen LogP contribution in [0, 0.1) is 22.7 Å². The number of nitrogens with zero attached hydrogens (tertiary/aromatic N) is 2. The van der Waals surface area contributed by atoms with E-state index in [4.69, 9.17) is 0 Å². The third-order valence-corrected chi connectivity index (χ3v) is 3.83. The van der Waals surface area contributed by atoms with E-state index in [9.17, 15) is 10.5 Å². The molecule has 0 aliphatic rings. The Kier molecular flexibility index (Phi) is 3.67. The average Bonchev–Trinajstić information content (AvgIpc) is 2.57. The zero-order valence-corrected chi connectivity index (χ0v) is 12.8. The van der Waals surface area contributed by atoms with Gasteiger partial charge in [-0.2, -0.15) is 10.5 Å². The standard InChI is InChI=1S/C21H14N2/c1-14(2)7-8-15-9-10-18-19(11-15)21(13-23)17-6-4-3-5-16(17)20(18)12-22/h3-11H,1H2,2H3. The van der Waals surface area contributed by atoms with Crippen molar-refractivity contribution in [3.05, 3.63) is 77.4 Å². The minimum absolute atomic E-state index is 0.611. The Balaban J connectivity index is 2.44. The van der Waals surface area contributed by atoms with Crippen molar-refractivity contribution in [2.45, 2.75) is 6.92 Å². The zero-order valence-electron chi connectivity index (χ0n) is 12.8. The van der Waals surface area contributed by atoms with Gasteiger partial charge in [0.15, 0.2) is 0 Å². The zero-order chi connectivity index (χ0) is 16.4. The van der Waals surface area contributed by atoms with Gasteiger partial charge in [0, 0.05) is 21.5 Å². The van der Waals surface area contributed by atoms with Gasteiger partial charge in [0.05, 0.1) is 11.1 Å². The molecule has 0 bridgehead atoms. The first-order chi connectivity index (χ1) is 11.2. The molecule has 108 valence electrons. The molecular formula is C21H14N2. The number of allylic oxidation sites excluding steroid dienone is 2. The predicted molar refractivity (Wildman–Crippen MR) is 94.7 cm³/mol. The van der Waals surface area contributed by atoms with Crippen molar-refractivity contribution in [1.29, 1.82) is 10.5 Å². The van der Waals surface area contributed by atoms with Crippen molar-refractivity contribution in [3.63, 3.8) is 0 Å². The van der Waals surface area contributed by atoms with Crippen molar-refractivity contribution < 1.29 is 0 Å². The molecule has 0 amide bonds. The first-order valence-electron chi connectivity index (χ1n) is 7.28. The number of hydrogen-bond acceptors (Lipinski definition) is 2. The first-order valence-corrected chi connectivity index (χ1v) is 7.28. The van der Waals surface area contributed by atoms with Gasteiger partial charge in [0.2, 0.25) is 0 Å². The molecule has 2 heteroatoms. The molecule has 0 spiro atoms. The van der Waals surface area contributed by atoms with Crippen LogP contribution in [0.2, 0.25) is 0 Å². The van der Waals surface area contributed by atoms with Crippen molar-refractivity contribution in [1.82, 2.24) is 0 Å². The summed E-state index contributed by atoms with van der Waals surface area (Å²) < 4.78 is 0. The molecule has 0 aromatic heterocycles. The SMILES string of the molecule is C=C(C)C=Cc1ccc2c(C#N)c3ccccc3c(C#N)c2c1. The Morgan fingerprint density at radius 1 is 0.913 bits per heavy atom. The lowest BCUT2D eigenvalue weighted by Crippen LogP contribution is -1.90. The summed E-state index contributed by atoms with van der Waals surface area (Å²) in [5, 5.41) is 22.5. The lowest BCUT2D eigenvalue weighted by atomic mass is 9.91. The fraction of sp³-hybridized carbons (Fsp3) is 0.0476. The normalized spacial score (nSPS) is 10.7. The van der Waals surface area contributed by atoms with Gasteiger partial charge in [-0.15, -0.1) is 0 Å². The lowest BCUT2D eigenvalue weighted by Gasteiger charge is -2.09. The second-order valence-corrected chi connectivity index (χ2v) is 5.50. The van der Waals surface area contributed by atoms with Crippen LogP contribution >= 0.6 is 0 Å². The summed E-state index contributed by atoms with van der Waals surface area (Å²) in [6.45, 7) is 5.78. The van der Waals surface area contributed by atoms with Crippen molar-refractivity contribution >= 4 is 27.6 Å². The van der Waals surface area contributed by atoms with Crippen LogP contribution in [0.3, 0.4) is 0 Å². The molecule has 23 heavy (non-hydrogen) atoms. The average molecular weight is 294 g/mol. The van der Waals surface area contributed by atoms with Crippen LogP contribution in [-0.2, 0) is 0 Å². The number of fused-ring (bicyclic) bond motifs is 2. The Labute approximate surface area is 135 Å². The smallest absolute Gasteiger partial charge is 0.100 e. The summed E-state index contributed by atoms with van der Waals surface area (Å²) in [6.07, 6.45) is 3.89. The number of hydrogen-bond donors (Lipinski definition) is 0. The van der Waals surface area contributed by atoms with Crippen molar-refractivity contribution in [2.24, 2.45) is 0 Å². The molecule has 0 unspecified atom stereocenters. The summed E-state index contributed by atoms with van der Waals surface area (Å²) in [5.41, 5.74) is 3.17. The molecular weight excluding hydrogens is 280 g/mol. The van der Waals surface area contributed by atoms with Gasteiger partial charge in [0.1, 0.15) is 12.1 Å². The minimum Gasteiger partial charge on any atom is -0.192 e. The van der Waals surface area contributed by atoms with E-state index in [0.717, 1.165) is 32.7 Å². The largest absolute Gasteiger partial charge is 0.192 e. The Hall–Kier alpha value is -3.36. The summed E-state index contributed by atoms with van der Waals surface area (Å²) in [7, 11) is 0. The molecule has 0 aliphatic carbocycles. The minimum atomic E-state index is 0.611. The van der Waals surface area contributed by atoms with E-state index in [0.29, 0.717) is 11.1 Å². The number of rotatable bonds is 2. The molecule has 0 fully saturated rings. The number of benzene rings is 3. The van der Waals surface area contributed by atoms with Gasteiger partial charge in [-0.25, -0.2) is 0 Å². The molecule has 0 heterocycles. The first kappa shape index (κ1) is 14.6. The van der Waals surface area contributed by atoms with Gasteiger partial charge < -0.3 is 0 Å². The summed E-state index contributed by atoms with van der Waals surface area (Å²) in [4.78, 5) is 0. The third kappa shape index (κ3) is 2.48. The molecule has 3 aromatic rings. The molecule has 0 saturated heterocycles. The summed E-state index contributed by atoms with van der Waals surface area (Å²) in [5.74, 6) is 0. The molecule has 3 rings (SSSR count). The molecule has 0 aliphatic heterocycles. The van der Waals surface area contributed by atoms with E-state index in [1.54, 1.807) is 0 Å². The Morgan fingerprint density at radius 3 is 2.04 bits per heavy atom. The van der Waals surface area contributed by atoms with E-state index in [1.807, 2.05) is 61.5 Å². The van der Waals surface area contributed by atoms with Gasteiger partial charge in [-0.3, -0.25) is 0 Å². The van der Waals surface area contributed by atoms with Crippen LogP contribution in [0.5, 0.6) is 0 Å². The maximum Gasteiger partial charge on any atom is 0.100 e. The molecule has 0 saturated carbocycles. The van der Waals surface area contributed by atoms with Crippen LogP contribution in [0.4, 0.5) is 0 Å². The van der Waals surface area contributed by atoms with Gasteiger partial charge in [-0.05, 0) is 18.6 Å².